The second kappa shape index (κ2) is 3.51. The minimum atomic E-state index is -0.546. The van der Waals surface area contributed by atoms with Crippen molar-refractivity contribution in [3.63, 3.8) is 0 Å². The first kappa shape index (κ1) is 9.93. The van der Waals surface area contributed by atoms with Gasteiger partial charge in [0.25, 0.3) is 0 Å². The van der Waals surface area contributed by atoms with Crippen LogP contribution in [0.2, 0.25) is 0 Å². The van der Waals surface area contributed by atoms with E-state index in [-0.39, 0.29) is 11.3 Å². The van der Waals surface area contributed by atoms with Crippen molar-refractivity contribution >= 4 is 11.8 Å². The molecule has 0 saturated carbocycles. The second-order valence-electron chi connectivity index (χ2n) is 3.50. The Hall–Kier alpha value is -0.610. The Morgan fingerprint density at radius 1 is 1.43 bits per heavy atom. The first-order chi connectivity index (χ1) is 6.59. The van der Waals surface area contributed by atoms with Gasteiger partial charge in [0, 0.05) is 28.7 Å². The third kappa shape index (κ3) is 1.53. The highest BCUT2D eigenvalue weighted by atomic mass is 32.2. The van der Waals surface area contributed by atoms with E-state index >= 15 is 0 Å². The number of rotatable bonds is 0. The van der Waals surface area contributed by atoms with Gasteiger partial charge in [-0.1, -0.05) is 6.92 Å². The molecule has 2 unspecified atom stereocenters. The van der Waals surface area contributed by atoms with Gasteiger partial charge >= 0.3 is 0 Å². The van der Waals surface area contributed by atoms with Gasteiger partial charge in [0.05, 0.1) is 0 Å². The first-order valence-corrected chi connectivity index (χ1v) is 5.49. The van der Waals surface area contributed by atoms with Crippen molar-refractivity contribution in [1.29, 1.82) is 0 Å². The Labute approximate surface area is 85.7 Å². The number of benzene rings is 1. The summed E-state index contributed by atoms with van der Waals surface area (Å²) >= 11 is 1.60. The number of hydrogen-bond acceptors (Lipinski definition) is 2. The average Bonchev–Trinajstić information content (AvgIpc) is 2.12. The quantitative estimate of drug-likeness (QED) is 0.720. The van der Waals surface area contributed by atoms with Crippen LogP contribution in [0.4, 0.5) is 8.78 Å². The summed E-state index contributed by atoms with van der Waals surface area (Å²) in [5, 5.41) is 0.212. The average molecular weight is 215 g/mol. The third-order valence-corrected chi connectivity index (χ3v) is 3.82. The predicted molar refractivity (Wildman–Crippen MR) is 54.0 cm³/mol. The topological polar surface area (TPSA) is 26.0 Å². The molecular weight excluding hydrogens is 204 g/mol. The zero-order valence-electron chi connectivity index (χ0n) is 7.76. The Bertz CT molecular complexity index is 367. The van der Waals surface area contributed by atoms with Crippen molar-refractivity contribution in [1.82, 2.24) is 0 Å². The van der Waals surface area contributed by atoms with Crippen LogP contribution in [0.3, 0.4) is 0 Å². The van der Waals surface area contributed by atoms with Gasteiger partial charge in [0.15, 0.2) is 0 Å². The molecule has 0 radical (unpaired) electrons. The molecule has 2 N–H and O–H groups in total. The van der Waals surface area contributed by atoms with E-state index in [0.29, 0.717) is 16.9 Å². The van der Waals surface area contributed by atoms with Gasteiger partial charge in [0.1, 0.15) is 11.6 Å². The normalized spacial score (nSPS) is 26.0. The Balaban J connectivity index is 2.54. The Morgan fingerprint density at radius 3 is 2.86 bits per heavy atom. The van der Waals surface area contributed by atoms with E-state index in [1.54, 1.807) is 11.8 Å². The van der Waals surface area contributed by atoms with Gasteiger partial charge in [-0.2, -0.15) is 11.8 Å². The fourth-order valence-corrected chi connectivity index (χ4v) is 2.73. The zero-order valence-corrected chi connectivity index (χ0v) is 8.57. The lowest BCUT2D eigenvalue weighted by molar-refractivity contribution is 0.560. The summed E-state index contributed by atoms with van der Waals surface area (Å²) in [7, 11) is 0. The minimum absolute atomic E-state index is 0.212. The summed E-state index contributed by atoms with van der Waals surface area (Å²) in [6.07, 6.45) is 0. The van der Waals surface area contributed by atoms with Crippen molar-refractivity contribution in [2.24, 2.45) is 5.73 Å². The highest BCUT2D eigenvalue weighted by Gasteiger charge is 2.26. The molecule has 1 aromatic carbocycles. The van der Waals surface area contributed by atoms with Crippen molar-refractivity contribution < 1.29 is 8.78 Å². The SMILES string of the molecule is CC1SCc2c(F)cc(F)cc2C1N. The summed E-state index contributed by atoms with van der Waals surface area (Å²) in [5.74, 6) is -0.443. The molecule has 1 aromatic rings. The van der Waals surface area contributed by atoms with Crippen LogP contribution in [0.5, 0.6) is 0 Å². The molecule has 1 heterocycles. The molecular formula is C10H11F2NS. The third-order valence-electron chi connectivity index (χ3n) is 2.55. The zero-order chi connectivity index (χ0) is 10.3. The van der Waals surface area contributed by atoms with E-state index in [9.17, 15) is 8.78 Å². The van der Waals surface area contributed by atoms with Crippen LogP contribution in [-0.2, 0) is 5.75 Å². The van der Waals surface area contributed by atoms with Gasteiger partial charge in [-0.3, -0.25) is 0 Å². The van der Waals surface area contributed by atoms with Crippen LogP contribution in [0.1, 0.15) is 24.1 Å². The van der Waals surface area contributed by atoms with Crippen molar-refractivity contribution in [3.8, 4) is 0 Å². The predicted octanol–water partition coefficient (Wildman–Crippen LogP) is 2.60. The summed E-state index contributed by atoms with van der Waals surface area (Å²) in [4.78, 5) is 0. The molecule has 2 rings (SSSR count). The maximum Gasteiger partial charge on any atom is 0.130 e. The molecule has 0 spiro atoms. The molecule has 0 saturated heterocycles. The van der Waals surface area contributed by atoms with Crippen LogP contribution in [0.25, 0.3) is 0 Å². The monoisotopic (exact) mass is 215 g/mol. The lowest BCUT2D eigenvalue weighted by Crippen LogP contribution is -2.26. The highest BCUT2D eigenvalue weighted by molar-refractivity contribution is 7.99. The highest BCUT2D eigenvalue weighted by Crippen LogP contribution is 2.37. The molecule has 0 aliphatic carbocycles. The van der Waals surface area contributed by atoms with Crippen molar-refractivity contribution in [2.75, 3.05) is 0 Å². The number of nitrogens with two attached hydrogens (primary N) is 1. The first-order valence-electron chi connectivity index (χ1n) is 4.44. The van der Waals surface area contributed by atoms with E-state index in [2.05, 4.69) is 0 Å². The Morgan fingerprint density at radius 2 is 2.14 bits per heavy atom. The standard InChI is InChI=1S/C10H11F2NS/c1-5-10(13)7-2-6(11)3-9(12)8(7)4-14-5/h2-3,5,10H,4,13H2,1H3. The van der Waals surface area contributed by atoms with Gasteiger partial charge < -0.3 is 5.73 Å². The molecule has 0 aromatic heterocycles. The summed E-state index contributed by atoms with van der Waals surface area (Å²) in [5.41, 5.74) is 7.05. The van der Waals surface area contributed by atoms with Crippen LogP contribution >= 0.6 is 11.8 Å². The van der Waals surface area contributed by atoms with Gasteiger partial charge in [-0.15, -0.1) is 0 Å². The lowest BCUT2D eigenvalue weighted by Gasteiger charge is -2.28. The maximum atomic E-state index is 13.3. The van der Waals surface area contributed by atoms with Gasteiger partial charge in [-0.05, 0) is 11.6 Å². The number of thioether (sulfide) groups is 1. The summed E-state index contributed by atoms with van der Waals surface area (Å²) in [6.45, 7) is 1.97. The van der Waals surface area contributed by atoms with Crippen LogP contribution < -0.4 is 5.73 Å². The molecule has 1 aliphatic heterocycles. The van der Waals surface area contributed by atoms with Crippen molar-refractivity contribution in [3.05, 3.63) is 34.9 Å². The second-order valence-corrected chi connectivity index (χ2v) is 4.86. The molecule has 4 heteroatoms. The smallest absolute Gasteiger partial charge is 0.130 e. The van der Waals surface area contributed by atoms with E-state index in [1.807, 2.05) is 6.92 Å². The number of halogens is 2. The fourth-order valence-electron chi connectivity index (χ4n) is 1.64. The van der Waals surface area contributed by atoms with Crippen LogP contribution in [-0.4, -0.2) is 5.25 Å². The van der Waals surface area contributed by atoms with E-state index < -0.39 is 11.6 Å². The molecule has 0 amide bonds. The van der Waals surface area contributed by atoms with Gasteiger partial charge in [0.2, 0.25) is 0 Å². The van der Waals surface area contributed by atoms with E-state index in [4.69, 9.17) is 5.73 Å². The molecule has 1 aliphatic rings. The molecule has 76 valence electrons. The largest absolute Gasteiger partial charge is 0.323 e. The molecule has 1 nitrogen and oxygen atoms in total. The van der Waals surface area contributed by atoms with Crippen LogP contribution in [0.15, 0.2) is 12.1 Å². The lowest BCUT2D eigenvalue weighted by atomic mass is 9.98. The fraction of sp³-hybridized carbons (Fsp3) is 0.400. The number of hydrogen-bond donors (Lipinski definition) is 1. The Kier molecular flexibility index (Phi) is 2.49. The van der Waals surface area contributed by atoms with E-state index in [0.717, 1.165) is 6.07 Å². The van der Waals surface area contributed by atoms with Crippen molar-refractivity contribution in [2.45, 2.75) is 24.0 Å². The molecule has 0 fully saturated rings. The van der Waals surface area contributed by atoms with Crippen LogP contribution in [0, 0.1) is 11.6 Å². The molecule has 0 bridgehead atoms. The molecule has 14 heavy (non-hydrogen) atoms. The maximum absolute atomic E-state index is 13.3. The molecule has 2 atom stereocenters. The van der Waals surface area contributed by atoms with Gasteiger partial charge in [-0.25, -0.2) is 8.78 Å². The number of fused-ring (bicyclic) bond motifs is 1. The van der Waals surface area contributed by atoms with E-state index in [1.165, 1.54) is 6.07 Å². The minimum Gasteiger partial charge on any atom is -0.323 e. The summed E-state index contributed by atoms with van der Waals surface area (Å²) in [6, 6.07) is 2.00. The summed E-state index contributed by atoms with van der Waals surface area (Å²) < 4.78 is 26.3.